The molecule has 2 aromatic heterocycles. The predicted octanol–water partition coefficient (Wildman–Crippen LogP) is 2.83. The van der Waals surface area contributed by atoms with Crippen LogP contribution in [0.2, 0.25) is 0 Å². The summed E-state index contributed by atoms with van der Waals surface area (Å²) in [6, 6.07) is 3.05. The van der Waals surface area contributed by atoms with E-state index < -0.39 is 5.82 Å². The van der Waals surface area contributed by atoms with E-state index >= 15 is 0 Å². The number of benzene rings is 1. The van der Waals surface area contributed by atoms with Crippen molar-refractivity contribution in [2.24, 2.45) is 7.05 Å². The van der Waals surface area contributed by atoms with Crippen molar-refractivity contribution in [2.75, 3.05) is 31.2 Å². The van der Waals surface area contributed by atoms with Crippen LogP contribution in [0.15, 0.2) is 27.6 Å². The van der Waals surface area contributed by atoms with Crippen molar-refractivity contribution in [2.45, 2.75) is 25.2 Å². The Kier molecular flexibility index (Phi) is 4.16. The lowest BCUT2D eigenvalue weighted by molar-refractivity contribution is 0.122. The Morgan fingerprint density at radius 3 is 2.71 bits per heavy atom. The summed E-state index contributed by atoms with van der Waals surface area (Å²) < 4.78 is 27.3. The molecule has 1 aliphatic heterocycles. The monoisotopic (exact) mass is 384 g/mol. The molecule has 0 bridgehead atoms. The van der Waals surface area contributed by atoms with Gasteiger partial charge in [-0.25, -0.2) is 4.39 Å². The van der Waals surface area contributed by atoms with E-state index in [4.69, 9.17) is 9.26 Å². The number of anilines is 1. The van der Waals surface area contributed by atoms with Gasteiger partial charge in [0.1, 0.15) is 5.82 Å². The number of hydrogen-bond acceptors (Lipinski definition) is 6. The van der Waals surface area contributed by atoms with Gasteiger partial charge in [-0.15, -0.1) is 0 Å². The fourth-order valence-electron chi connectivity index (χ4n) is 3.86. The lowest BCUT2D eigenvalue weighted by atomic mass is 9.85. The highest BCUT2D eigenvalue weighted by Gasteiger charge is 2.26. The molecule has 0 amide bonds. The molecule has 0 spiro atoms. The van der Waals surface area contributed by atoms with Gasteiger partial charge in [-0.05, 0) is 25.0 Å². The van der Waals surface area contributed by atoms with Crippen molar-refractivity contribution in [3.63, 3.8) is 0 Å². The third-order valence-corrected chi connectivity index (χ3v) is 5.75. The first-order valence-electron chi connectivity index (χ1n) is 9.61. The number of morpholine rings is 1. The Morgan fingerprint density at radius 2 is 2.00 bits per heavy atom. The van der Waals surface area contributed by atoms with Crippen molar-refractivity contribution >= 4 is 16.6 Å². The second-order valence-corrected chi connectivity index (χ2v) is 7.49. The number of aryl methyl sites for hydroxylation is 1. The summed E-state index contributed by atoms with van der Waals surface area (Å²) in [6.07, 6.45) is 4.92. The molecule has 0 N–H and O–H groups in total. The number of aromatic nitrogens is 3. The summed E-state index contributed by atoms with van der Waals surface area (Å²) in [5, 5.41) is 4.31. The number of halogens is 1. The number of hydrogen-bond donors (Lipinski definition) is 0. The molecule has 0 unspecified atom stereocenters. The van der Waals surface area contributed by atoms with Crippen LogP contribution in [-0.4, -0.2) is 41.0 Å². The van der Waals surface area contributed by atoms with Gasteiger partial charge in [-0.1, -0.05) is 11.6 Å². The molecule has 7 nitrogen and oxygen atoms in total. The highest BCUT2D eigenvalue weighted by molar-refractivity contribution is 5.86. The summed E-state index contributed by atoms with van der Waals surface area (Å²) >= 11 is 0. The quantitative estimate of drug-likeness (QED) is 0.691. The first-order chi connectivity index (χ1) is 13.6. The SMILES string of the molecule is Cn1cc(-c2noc(C3CCC3)n2)c(=O)c2cc(F)c(N3CCOCC3)cc21. The fraction of sp³-hybridized carbons (Fsp3) is 0.450. The highest BCUT2D eigenvalue weighted by atomic mass is 19.1. The number of ether oxygens (including phenoxy) is 1. The first kappa shape index (κ1) is 17.4. The van der Waals surface area contributed by atoms with E-state index in [1.807, 2.05) is 16.5 Å². The van der Waals surface area contributed by atoms with Gasteiger partial charge >= 0.3 is 0 Å². The molecular formula is C20H21FN4O3. The zero-order chi connectivity index (χ0) is 19.3. The smallest absolute Gasteiger partial charge is 0.230 e. The van der Waals surface area contributed by atoms with Gasteiger partial charge in [0.05, 0.1) is 30.0 Å². The minimum atomic E-state index is -0.410. The average molecular weight is 384 g/mol. The van der Waals surface area contributed by atoms with Crippen molar-refractivity contribution < 1.29 is 13.7 Å². The number of rotatable bonds is 3. The van der Waals surface area contributed by atoms with Gasteiger partial charge < -0.3 is 18.7 Å². The van der Waals surface area contributed by atoms with Gasteiger partial charge in [0.15, 0.2) is 0 Å². The molecule has 2 aliphatic rings. The molecule has 1 aliphatic carbocycles. The topological polar surface area (TPSA) is 73.4 Å². The second-order valence-electron chi connectivity index (χ2n) is 7.49. The predicted molar refractivity (Wildman–Crippen MR) is 102 cm³/mol. The van der Waals surface area contributed by atoms with Crippen molar-refractivity contribution in [1.82, 2.24) is 14.7 Å². The van der Waals surface area contributed by atoms with Gasteiger partial charge in [0.2, 0.25) is 17.1 Å². The molecule has 5 rings (SSSR count). The molecule has 0 atom stereocenters. The molecule has 146 valence electrons. The van der Waals surface area contributed by atoms with E-state index in [0.29, 0.717) is 60.3 Å². The van der Waals surface area contributed by atoms with Gasteiger partial charge in [-0.2, -0.15) is 4.98 Å². The van der Waals surface area contributed by atoms with Crippen LogP contribution in [0.1, 0.15) is 31.1 Å². The standard InChI is InChI=1S/C20H21FN4O3/c1-24-11-14(19-22-20(28-23-19)12-3-2-4-12)18(26)13-9-15(21)17(10-16(13)24)25-5-7-27-8-6-25/h9-12H,2-8H2,1H3. The van der Waals surface area contributed by atoms with Crippen molar-refractivity contribution in [3.05, 3.63) is 40.3 Å². The third-order valence-electron chi connectivity index (χ3n) is 5.75. The van der Waals surface area contributed by atoms with E-state index in [1.165, 1.54) is 6.07 Å². The molecule has 3 heterocycles. The minimum Gasteiger partial charge on any atom is -0.378 e. The lowest BCUT2D eigenvalue weighted by Crippen LogP contribution is -2.36. The van der Waals surface area contributed by atoms with Crippen LogP contribution in [-0.2, 0) is 11.8 Å². The van der Waals surface area contributed by atoms with Crippen LogP contribution < -0.4 is 10.3 Å². The Bertz CT molecular complexity index is 1100. The summed E-state index contributed by atoms with van der Waals surface area (Å²) in [5.41, 5.74) is 1.19. The molecule has 1 aromatic carbocycles. The van der Waals surface area contributed by atoms with Crippen LogP contribution in [0.5, 0.6) is 0 Å². The maximum Gasteiger partial charge on any atom is 0.230 e. The van der Waals surface area contributed by atoms with E-state index in [1.54, 1.807) is 12.3 Å². The maximum absolute atomic E-state index is 14.8. The van der Waals surface area contributed by atoms with E-state index in [2.05, 4.69) is 10.1 Å². The van der Waals surface area contributed by atoms with E-state index in [-0.39, 0.29) is 11.3 Å². The number of nitrogens with zero attached hydrogens (tertiary/aromatic N) is 4. The Labute approximate surface area is 160 Å². The van der Waals surface area contributed by atoms with Crippen molar-refractivity contribution in [1.29, 1.82) is 0 Å². The van der Waals surface area contributed by atoms with Gasteiger partial charge in [-0.3, -0.25) is 4.79 Å². The van der Waals surface area contributed by atoms with Gasteiger partial charge in [0.25, 0.3) is 0 Å². The second kappa shape index (κ2) is 6.70. The lowest BCUT2D eigenvalue weighted by Gasteiger charge is -2.29. The molecule has 2 fully saturated rings. The highest BCUT2D eigenvalue weighted by Crippen LogP contribution is 2.36. The Morgan fingerprint density at radius 1 is 1.21 bits per heavy atom. The zero-order valence-electron chi connectivity index (χ0n) is 15.7. The normalized spacial score (nSPS) is 17.9. The zero-order valence-corrected chi connectivity index (χ0v) is 15.7. The largest absolute Gasteiger partial charge is 0.378 e. The van der Waals surface area contributed by atoms with E-state index in [9.17, 15) is 9.18 Å². The fourth-order valence-corrected chi connectivity index (χ4v) is 3.86. The average Bonchev–Trinajstić information content (AvgIpc) is 3.12. The molecule has 0 radical (unpaired) electrons. The molecule has 8 heteroatoms. The first-order valence-corrected chi connectivity index (χ1v) is 9.61. The number of pyridine rings is 1. The summed E-state index contributed by atoms with van der Waals surface area (Å²) in [7, 11) is 1.83. The third kappa shape index (κ3) is 2.79. The summed E-state index contributed by atoms with van der Waals surface area (Å²) in [4.78, 5) is 19.4. The summed E-state index contributed by atoms with van der Waals surface area (Å²) in [5.74, 6) is 0.727. The van der Waals surface area contributed by atoms with Crippen LogP contribution in [0.4, 0.5) is 10.1 Å². The maximum atomic E-state index is 14.8. The van der Waals surface area contributed by atoms with Crippen LogP contribution in [0.3, 0.4) is 0 Å². The van der Waals surface area contributed by atoms with Crippen LogP contribution >= 0.6 is 0 Å². The van der Waals surface area contributed by atoms with Gasteiger partial charge in [0, 0.05) is 37.6 Å². The Balaban J connectivity index is 1.60. The molecule has 1 saturated heterocycles. The summed E-state index contributed by atoms with van der Waals surface area (Å²) in [6.45, 7) is 2.38. The molecule has 1 saturated carbocycles. The minimum absolute atomic E-state index is 0.266. The molecule has 28 heavy (non-hydrogen) atoms. The molecular weight excluding hydrogens is 363 g/mol. The number of fused-ring (bicyclic) bond motifs is 1. The Hall–Kier alpha value is -2.74. The van der Waals surface area contributed by atoms with Crippen molar-refractivity contribution in [3.8, 4) is 11.4 Å². The molecule has 3 aromatic rings. The van der Waals surface area contributed by atoms with E-state index in [0.717, 1.165) is 19.3 Å². The van der Waals surface area contributed by atoms with Crippen LogP contribution in [0.25, 0.3) is 22.3 Å². The van der Waals surface area contributed by atoms with Crippen LogP contribution in [0, 0.1) is 5.82 Å².